The first-order valence-corrected chi connectivity index (χ1v) is 7.79. The van der Waals surface area contributed by atoms with Gasteiger partial charge >= 0.3 is 0 Å². The van der Waals surface area contributed by atoms with Gasteiger partial charge in [-0.15, -0.1) is 5.10 Å². The van der Waals surface area contributed by atoms with E-state index in [1.54, 1.807) is 30.2 Å². The maximum absolute atomic E-state index is 12.3. The normalized spacial score (nSPS) is 10.5. The van der Waals surface area contributed by atoms with E-state index in [0.717, 1.165) is 17.1 Å². The number of nitrogens with zero attached hydrogens (tertiary/aromatic N) is 4. The lowest BCUT2D eigenvalue weighted by Crippen LogP contribution is -2.31. The van der Waals surface area contributed by atoms with E-state index in [9.17, 15) is 4.79 Å². The highest BCUT2D eigenvalue weighted by molar-refractivity contribution is 5.93. The van der Waals surface area contributed by atoms with Gasteiger partial charge in [0.2, 0.25) is 0 Å². The van der Waals surface area contributed by atoms with Gasteiger partial charge in [-0.1, -0.05) is 6.07 Å². The SMILES string of the molecule is COc1ccc(N(C)C(=O)COc2cccc(-n3cnn3C)c2)cc1. The van der Waals surface area contributed by atoms with E-state index < -0.39 is 0 Å². The minimum absolute atomic E-state index is 0.0457. The van der Waals surface area contributed by atoms with Crippen molar-refractivity contribution in [1.29, 1.82) is 0 Å². The van der Waals surface area contributed by atoms with Crippen molar-refractivity contribution in [3.63, 3.8) is 0 Å². The number of benzene rings is 2. The first-order valence-electron chi connectivity index (χ1n) is 7.79. The van der Waals surface area contributed by atoms with E-state index >= 15 is 0 Å². The molecule has 0 saturated heterocycles. The largest absolute Gasteiger partial charge is 0.497 e. The molecule has 130 valence electrons. The Morgan fingerprint density at radius 1 is 1.16 bits per heavy atom. The van der Waals surface area contributed by atoms with Crippen molar-refractivity contribution in [1.82, 2.24) is 14.6 Å². The molecule has 2 aromatic carbocycles. The number of carbonyl (C=O) groups is 1. The third-order valence-corrected chi connectivity index (χ3v) is 3.92. The van der Waals surface area contributed by atoms with Gasteiger partial charge in [-0.3, -0.25) is 4.79 Å². The Bertz CT molecular complexity index is 851. The van der Waals surface area contributed by atoms with E-state index in [1.165, 1.54) is 0 Å². The molecule has 7 nitrogen and oxygen atoms in total. The van der Waals surface area contributed by atoms with E-state index in [-0.39, 0.29) is 12.5 Å². The highest BCUT2D eigenvalue weighted by atomic mass is 16.5. The second-order valence-corrected chi connectivity index (χ2v) is 5.50. The van der Waals surface area contributed by atoms with Gasteiger partial charge in [-0.25, -0.2) is 9.48 Å². The molecule has 0 radical (unpaired) electrons. The maximum Gasteiger partial charge on any atom is 0.264 e. The second kappa shape index (κ2) is 7.12. The molecule has 0 unspecified atom stereocenters. The number of likely N-dealkylation sites (N-methyl/N-ethyl adjacent to an activating group) is 1. The number of ether oxygens (including phenoxy) is 2. The number of hydrogen-bond donors (Lipinski definition) is 0. The molecule has 0 aliphatic heterocycles. The summed E-state index contributed by atoms with van der Waals surface area (Å²) in [5.41, 5.74) is 1.70. The van der Waals surface area contributed by atoms with Gasteiger partial charge in [0.05, 0.1) is 12.8 Å². The third kappa shape index (κ3) is 3.65. The molecule has 0 atom stereocenters. The van der Waals surface area contributed by atoms with Gasteiger partial charge in [-0.2, -0.15) is 0 Å². The van der Waals surface area contributed by atoms with Gasteiger partial charge < -0.3 is 14.4 Å². The average molecular weight is 340 g/mol. The summed E-state index contributed by atoms with van der Waals surface area (Å²) in [6, 6.07) is 14.8. The number of aryl methyl sites for hydroxylation is 1. The van der Waals surface area contributed by atoms with Crippen molar-refractivity contribution in [2.24, 2.45) is 7.05 Å². The van der Waals surface area contributed by atoms with Crippen LogP contribution in [0.4, 0.5) is 5.69 Å². The minimum Gasteiger partial charge on any atom is -0.497 e. The zero-order valence-corrected chi connectivity index (χ0v) is 14.4. The molecule has 1 aromatic heterocycles. The van der Waals surface area contributed by atoms with Crippen molar-refractivity contribution in [2.75, 3.05) is 25.7 Å². The number of methoxy groups -OCH3 is 1. The monoisotopic (exact) mass is 340 g/mol. The molecule has 25 heavy (non-hydrogen) atoms. The minimum atomic E-state index is -0.141. The van der Waals surface area contributed by atoms with Gasteiger partial charge in [0.15, 0.2) is 6.61 Å². The molecular weight excluding hydrogens is 320 g/mol. The number of rotatable bonds is 6. The van der Waals surface area contributed by atoms with Crippen LogP contribution in [-0.4, -0.2) is 41.2 Å². The Labute approximate surface area is 146 Å². The van der Waals surface area contributed by atoms with Crippen molar-refractivity contribution in [3.8, 4) is 17.2 Å². The van der Waals surface area contributed by atoms with Crippen molar-refractivity contribution < 1.29 is 14.3 Å². The summed E-state index contributed by atoms with van der Waals surface area (Å²) in [6.45, 7) is -0.0457. The second-order valence-electron chi connectivity index (χ2n) is 5.50. The molecule has 0 aliphatic carbocycles. The highest BCUT2D eigenvalue weighted by Crippen LogP contribution is 2.19. The molecule has 0 spiro atoms. The van der Waals surface area contributed by atoms with Crippen LogP contribution in [0.15, 0.2) is 54.9 Å². The van der Waals surface area contributed by atoms with E-state index in [4.69, 9.17) is 9.47 Å². The molecule has 3 aromatic rings. The molecule has 0 N–H and O–H groups in total. The quantitative estimate of drug-likeness (QED) is 0.691. The Morgan fingerprint density at radius 2 is 1.92 bits per heavy atom. The highest BCUT2D eigenvalue weighted by Gasteiger charge is 2.12. The maximum atomic E-state index is 12.3. The number of anilines is 1. The first-order chi connectivity index (χ1) is 12.1. The molecule has 3 rings (SSSR count). The van der Waals surface area contributed by atoms with Crippen LogP contribution >= 0.6 is 0 Å². The predicted octanol–water partition coefficient (Wildman–Crippen LogP) is 2.26. The summed E-state index contributed by atoms with van der Waals surface area (Å²) >= 11 is 0. The third-order valence-electron chi connectivity index (χ3n) is 3.92. The predicted molar refractivity (Wildman–Crippen MR) is 94.4 cm³/mol. The fourth-order valence-corrected chi connectivity index (χ4v) is 2.35. The fourth-order valence-electron chi connectivity index (χ4n) is 2.35. The number of amides is 1. The first kappa shape index (κ1) is 16.6. The zero-order valence-electron chi connectivity index (χ0n) is 14.4. The van der Waals surface area contributed by atoms with Crippen molar-refractivity contribution >= 4 is 11.6 Å². The van der Waals surface area contributed by atoms with E-state index in [1.807, 2.05) is 60.3 Å². The van der Waals surface area contributed by atoms with Gasteiger partial charge in [0.1, 0.15) is 17.8 Å². The van der Waals surface area contributed by atoms with Crippen LogP contribution in [0.5, 0.6) is 11.5 Å². The lowest BCUT2D eigenvalue weighted by Gasteiger charge is -2.18. The average Bonchev–Trinajstić information content (AvgIpc) is 2.64. The van der Waals surface area contributed by atoms with Crippen molar-refractivity contribution in [2.45, 2.75) is 0 Å². The molecule has 0 aliphatic rings. The molecular formula is C18H20N4O3. The van der Waals surface area contributed by atoms with Gasteiger partial charge in [0.25, 0.3) is 5.91 Å². The zero-order chi connectivity index (χ0) is 17.8. The standard InChI is InChI=1S/C18H20N4O3/c1-20(14-7-9-16(24-3)10-8-14)18(23)12-25-17-6-4-5-15(11-17)22-13-19-21(22)2/h4-11,13H,12H2,1-3H3. The number of hydrogen-bond acceptors (Lipinski definition) is 4. The lowest BCUT2D eigenvalue weighted by atomic mass is 10.3. The van der Waals surface area contributed by atoms with Gasteiger partial charge in [-0.05, 0) is 36.4 Å². The molecule has 7 heteroatoms. The molecule has 0 saturated carbocycles. The molecule has 1 heterocycles. The smallest absolute Gasteiger partial charge is 0.264 e. The Kier molecular flexibility index (Phi) is 4.74. The molecule has 1 amide bonds. The van der Waals surface area contributed by atoms with Crippen LogP contribution in [0, 0.1) is 0 Å². The summed E-state index contributed by atoms with van der Waals surface area (Å²) < 4.78 is 12.6. The summed E-state index contributed by atoms with van der Waals surface area (Å²) in [5, 5.41) is 4.02. The number of aromatic nitrogens is 3. The van der Waals surface area contributed by atoms with Crippen LogP contribution in [0.3, 0.4) is 0 Å². The van der Waals surface area contributed by atoms with Crippen LogP contribution in [0.2, 0.25) is 0 Å². The van der Waals surface area contributed by atoms with Gasteiger partial charge in [0, 0.05) is 25.8 Å². The van der Waals surface area contributed by atoms with E-state index in [2.05, 4.69) is 5.10 Å². The molecule has 0 fully saturated rings. The summed E-state index contributed by atoms with van der Waals surface area (Å²) in [7, 11) is 5.17. The van der Waals surface area contributed by atoms with Crippen LogP contribution in [0.1, 0.15) is 0 Å². The Morgan fingerprint density at radius 3 is 2.52 bits per heavy atom. The van der Waals surface area contributed by atoms with Crippen LogP contribution in [0.25, 0.3) is 5.69 Å². The summed E-state index contributed by atoms with van der Waals surface area (Å²) in [5.74, 6) is 1.23. The lowest BCUT2D eigenvalue weighted by molar-refractivity contribution is -0.120. The van der Waals surface area contributed by atoms with E-state index in [0.29, 0.717) is 5.75 Å². The van der Waals surface area contributed by atoms with Crippen LogP contribution in [-0.2, 0) is 11.8 Å². The fraction of sp³-hybridized carbons (Fsp3) is 0.222. The Balaban J connectivity index is 1.62. The Hall–Kier alpha value is -3.22. The van der Waals surface area contributed by atoms with Crippen molar-refractivity contribution in [3.05, 3.63) is 54.9 Å². The summed E-state index contributed by atoms with van der Waals surface area (Å²) in [6.07, 6.45) is 1.71. The van der Waals surface area contributed by atoms with Crippen LogP contribution < -0.4 is 14.4 Å². The molecule has 0 bridgehead atoms. The summed E-state index contributed by atoms with van der Waals surface area (Å²) in [4.78, 5) is 15.6. The number of carbonyl (C=O) groups excluding carboxylic acids is 1. The topological polar surface area (TPSA) is 61.5 Å².